The van der Waals surface area contributed by atoms with Crippen molar-refractivity contribution in [2.45, 2.75) is 53.4 Å². The van der Waals surface area contributed by atoms with Gasteiger partial charge in [-0.15, -0.1) is 22.7 Å². The van der Waals surface area contributed by atoms with E-state index in [9.17, 15) is 28.8 Å². The number of thiophene rings is 2. The minimum Gasteiger partial charge on any atom is -0.466 e. The smallest absolute Gasteiger partial charge is 0.336 e. The van der Waals surface area contributed by atoms with E-state index < -0.39 is 23.8 Å². The molecule has 2 fully saturated rings. The van der Waals surface area contributed by atoms with Gasteiger partial charge in [-0.1, -0.05) is 0 Å². The molecule has 6 heterocycles. The van der Waals surface area contributed by atoms with Gasteiger partial charge in [0.15, 0.2) is 11.6 Å². The van der Waals surface area contributed by atoms with Gasteiger partial charge in [0.05, 0.1) is 38.6 Å². The molecule has 4 aliphatic heterocycles. The fourth-order valence-electron chi connectivity index (χ4n) is 9.26. The third-order valence-corrected chi connectivity index (χ3v) is 14.5. The number of dihydropyridines is 2. The summed E-state index contributed by atoms with van der Waals surface area (Å²) in [5.41, 5.74) is 7.52. The first-order valence-corrected chi connectivity index (χ1v) is 23.2. The Morgan fingerprint density at radius 2 is 0.969 bits per heavy atom. The molecule has 8 rings (SSSR count). The molecule has 0 radical (unpaired) electrons. The molecule has 0 spiro atoms. The monoisotopic (exact) mass is 921 g/mol. The molecule has 2 unspecified atom stereocenters. The van der Waals surface area contributed by atoms with Crippen LogP contribution in [0.1, 0.15) is 85.2 Å². The van der Waals surface area contributed by atoms with Crippen molar-refractivity contribution < 1.29 is 43.0 Å². The summed E-state index contributed by atoms with van der Waals surface area (Å²) in [5.74, 6) is -2.34. The molecule has 4 aromatic rings. The second kappa shape index (κ2) is 19.7. The van der Waals surface area contributed by atoms with Gasteiger partial charge in [0.2, 0.25) is 0 Å². The second-order valence-corrected chi connectivity index (χ2v) is 18.5. The number of carbonyl (C=O) groups is 6. The summed E-state index contributed by atoms with van der Waals surface area (Å²) in [4.78, 5) is 83.0. The lowest BCUT2D eigenvalue weighted by Crippen LogP contribution is -2.47. The molecule has 0 aliphatic carbocycles. The molecule has 0 saturated carbocycles. The minimum absolute atomic E-state index is 0.00545. The number of piperazine rings is 1. The Hall–Kier alpha value is -5.94. The van der Waals surface area contributed by atoms with Crippen molar-refractivity contribution in [3.8, 4) is 0 Å². The quantitative estimate of drug-likeness (QED) is 0.181. The summed E-state index contributed by atoms with van der Waals surface area (Å²) in [7, 11) is 4.74. The zero-order valence-corrected chi connectivity index (χ0v) is 39.9. The van der Waals surface area contributed by atoms with Crippen molar-refractivity contribution in [2.24, 2.45) is 0 Å². The van der Waals surface area contributed by atoms with E-state index in [-0.39, 0.29) is 23.4 Å². The average Bonchev–Trinajstić information content (AvgIpc) is 3.92. The van der Waals surface area contributed by atoms with Gasteiger partial charge in [-0.25, -0.2) is 9.59 Å². The summed E-state index contributed by atoms with van der Waals surface area (Å²) >= 11 is 3.07. The number of ether oxygens (including phenoxy) is 3. The Labute approximate surface area is 386 Å². The number of ketones is 2. The van der Waals surface area contributed by atoms with E-state index in [0.29, 0.717) is 89.9 Å². The summed E-state index contributed by atoms with van der Waals surface area (Å²) in [6.07, 6.45) is 0. The molecule has 16 heteroatoms. The predicted octanol–water partition coefficient (Wildman–Crippen LogP) is 6.66. The minimum atomic E-state index is -0.566. The van der Waals surface area contributed by atoms with Crippen molar-refractivity contribution in [1.29, 1.82) is 0 Å². The number of fused-ring (bicyclic) bond motifs is 2. The van der Waals surface area contributed by atoms with E-state index >= 15 is 0 Å². The number of esters is 2. The largest absolute Gasteiger partial charge is 0.466 e. The SMILES string of the molecule is COC(=O)C1=C(C)NC(C)=C(C(C)=O)C1c1csc2ccc(C(=O)N3CCN(C)CC3)cc12.COC(=O)C1=C(C)NC(C)=C(C(C)=O)C1c1csc2ccc(C(=O)N3CCOCC3)cc12. The normalized spacial score (nSPS) is 19.5. The van der Waals surface area contributed by atoms with Gasteiger partial charge in [-0.05, 0) is 118 Å². The Morgan fingerprint density at radius 1 is 0.585 bits per heavy atom. The lowest BCUT2D eigenvalue weighted by Gasteiger charge is -2.32. The molecule has 14 nitrogen and oxygen atoms in total. The maximum Gasteiger partial charge on any atom is 0.336 e. The average molecular weight is 922 g/mol. The Kier molecular flexibility index (Phi) is 14.2. The third kappa shape index (κ3) is 9.30. The van der Waals surface area contributed by atoms with Crippen LogP contribution in [0.5, 0.6) is 0 Å². The number of allylic oxidation sites excluding steroid dienone is 6. The lowest BCUT2D eigenvalue weighted by molar-refractivity contribution is -0.137. The highest BCUT2D eigenvalue weighted by molar-refractivity contribution is 7.17. The highest BCUT2D eigenvalue weighted by Gasteiger charge is 2.39. The van der Waals surface area contributed by atoms with Crippen molar-refractivity contribution in [2.75, 3.05) is 73.7 Å². The molecule has 2 aromatic heterocycles. The second-order valence-electron chi connectivity index (χ2n) is 16.7. The fourth-order valence-corrected chi connectivity index (χ4v) is 11.2. The summed E-state index contributed by atoms with van der Waals surface area (Å²) < 4.78 is 17.5. The number of methoxy groups -OCH3 is 2. The molecule has 2 amide bonds. The fraction of sp³-hybridized carbons (Fsp3) is 0.388. The molecule has 2 atom stereocenters. The number of hydrogen-bond acceptors (Lipinski definition) is 14. The van der Waals surface area contributed by atoms with E-state index in [1.807, 2.05) is 79.8 Å². The molecule has 2 saturated heterocycles. The molecule has 2 N–H and O–H groups in total. The summed E-state index contributed by atoms with van der Waals surface area (Å²) in [6, 6.07) is 11.3. The van der Waals surface area contributed by atoms with Gasteiger partial charge in [-0.2, -0.15) is 0 Å². The Balaban J connectivity index is 0.000000194. The number of benzene rings is 2. The predicted molar refractivity (Wildman–Crippen MR) is 252 cm³/mol. The van der Waals surface area contributed by atoms with Crippen molar-refractivity contribution in [3.63, 3.8) is 0 Å². The molecule has 342 valence electrons. The molecule has 2 aromatic carbocycles. The highest BCUT2D eigenvalue weighted by Crippen LogP contribution is 2.45. The number of rotatable bonds is 8. The van der Waals surface area contributed by atoms with Crippen LogP contribution in [-0.4, -0.2) is 124 Å². The maximum absolute atomic E-state index is 13.2. The Morgan fingerprint density at radius 3 is 1.35 bits per heavy atom. The van der Waals surface area contributed by atoms with Crippen molar-refractivity contribution in [1.82, 2.24) is 25.3 Å². The van der Waals surface area contributed by atoms with Crippen LogP contribution >= 0.6 is 22.7 Å². The van der Waals surface area contributed by atoms with Crippen LogP contribution in [-0.2, 0) is 33.4 Å². The van der Waals surface area contributed by atoms with E-state index in [1.54, 1.807) is 16.2 Å². The van der Waals surface area contributed by atoms with Crippen LogP contribution in [0, 0.1) is 0 Å². The van der Waals surface area contributed by atoms with Gasteiger partial charge in [0.25, 0.3) is 11.8 Å². The zero-order valence-electron chi connectivity index (χ0n) is 38.3. The topological polar surface area (TPSA) is 164 Å². The zero-order chi connectivity index (χ0) is 46.9. The number of morpholine rings is 1. The van der Waals surface area contributed by atoms with Gasteiger partial charge in [0.1, 0.15) is 0 Å². The van der Waals surface area contributed by atoms with Gasteiger partial charge < -0.3 is 39.5 Å². The van der Waals surface area contributed by atoms with E-state index in [0.717, 1.165) is 50.1 Å². The van der Waals surface area contributed by atoms with E-state index in [4.69, 9.17) is 14.2 Å². The van der Waals surface area contributed by atoms with E-state index in [2.05, 4.69) is 22.6 Å². The van der Waals surface area contributed by atoms with Crippen molar-refractivity contribution in [3.05, 3.63) is 114 Å². The molecular formula is C49H55N5O9S2. The Bertz CT molecular complexity index is 2740. The standard InChI is InChI=1S/C25H29N3O4S.C24H26N2O5S/c1-14-21(16(3)29)23(22(15(2)26-14)25(31)32-5)19-13-33-20-7-6-17(12-18(19)20)24(30)28-10-8-27(4)9-11-28;1-13-20(15(3)27)22(21(14(2)25-13)24(29)30-4)18-12-32-19-6-5-16(11-17(18)19)23(28)26-7-9-31-10-8-26/h6-7,12-13,23,26H,8-11H2,1-5H3;5-6,11-12,22,25H,7-10H2,1-4H3. The van der Waals surface area contributed by atoms with E-state index in [1.165, 1.54) is 39.4 Å². The first kappa shape index (κ1) is 47.0. The van der Waals surface area contributed by atoms with Crippen molar-refractivity contribution >= 4 is 78.2 Å². The van der Waals surface area contributed by atoms with Crippen LogP contribution < -0.4 is 10.6 Å². The van der Waals surface area contributed by atoms with Crippen LogP contribution in [0.4, 0.5) is 0 Å². The lowest BCUT2D eigenvalue weighted by atomic mass is 9.79. The highest BCUT2D eigenvalue weighted by atomic mass is 32.1. The molecule has 4 aliphatic rings. The summed E-state index contributed by atoms with van der Waals surface area (Å²) in [5, 5.41) is 12.0. The van der Waals surface area contributed by atoms with Crippen LogP contribution in [0.2, 0.25) is 0 Å². The molecule has 0 bridgehead atoms. The number of nitrogens with zero attached hydrogens (tertiary/aromatic N) is 3. The number of Topliss-reactive ketones (excluding diaryl/α,β-unsaturated/α-hetero) is 2. The first-order valence-electron chi connectivity index (χ1n) is 21.5. The maximum atomic E-state index is 13.2. The van der Waals surface area contributed by atoms with Gasteiger partial charge in [-0.3, -0.25) is 19.2 Å². The number of likely N-dealkylation sites (N-methyl/N-ethyl adjacent to an activating group) is 1. The number of hydrogen-bond donors (Lipinski definition) is 2. The van der Waals surface area contributed by atoms with Crippen LogP contribution in [0.3, 0.4) is 0 Å². The third-order valence-electron chi connectivity index (χ3n) is 12.5. The van der Waals surface area contributed by atoms with Crippen LogP contribution in [0.25, 0.3) is 20.2 Å². The van der Waals surface area contributed by atoms with Crippen LogP contribution in [0.15, 0.2) is 92.2 Å². The number of amides is 2. The summed E-state index contributed by atoms with van der Waals surface area (Å²) in [6.45, 7) is 15.6. The van der Waals surface area contributed by atoms with Gasteiger partial charge in [0, 0.05) is 106 Å². The molecule has 65 heavy (non-hydrogen) atoms. The number of nitrogens with one attached hydrogen (secondary N) is 2. The van der Waals surface area contributed by atoms with Gasteiger partial charge >= 0.3 is 11.9 Å². The first-order chi connectivity index (χ1) is 31.1. The molecular weight excluding hydrogens is 867 g/mol. The number of carbonyl (C=O) groups excluding carboxylic acids is 6.